The summed E-state index contributed by atoms with van der Waals surface area (Å²) in [6.07, 6.45) is 61.5. The number of phosphoric acid groups is 1. The van der Waals surface area contributed by atoms with E-state index in [1.807, 2.05) is 27.2 Å². The zero-order valence-electron chi connectivity index (χ0n) is 41.5. The second-order valence-electron chi connectivity index (χ2n) is 18.5. The molecule has 3 atom stereocenters. The summed E-state index contributed by atoms with van der Waals surface area (Å²) < 4.78 is 23.6. The van der Waals surface area contributed by atoms with Crippen molar-refractivity contribution < 1.29 is 32.9 Å². The summed E-state index contributed by atoms with van der Waals surface area (Å²) in [5, 5.41) is 13.8. The molecule has 366 valence electrons. The summed E-state index contributed by atoms with van der Waals surface area (Å²) in [5.41, 5.74) is 0. The van der Waals surface area contributed by atoms with Crippen LogP contribution in [0.4, 0.5) is 0 Å². The molecule has 1 amide bonds. The lowest BCUT2D eigenvalue weighted by Gasteiger charge is -2.25. The van der Waals surface area contributed by atoms with Crippen LogP contribution >= 0.6 is 7.82 Å². The Balaban J connectivity index is 4.34. The Morgan fingerprint density at radius 3 is 1.46 bits per heavy atom. The summed E-state index contributed by atoms with van der Waals surface area (Å²) in [5.74, 6) is -0.229. The quantitative estimate of drug-likeness (QED) is 0.0243. The lowest BCUT2D eigenvalue weighted by molar-refractivity contribution is -0.870. The van der Waals surface area contributed by atoms with Gasteiger partial charge in [-0.1, -0.05) is 209 Å². The van der Waals surface area contributed by atoms with E-state index < -0.39 is 20.0 Å². The van der Waals surface area contributed by atoms with Gasteiger partial charge in [0.1, 0.15) is 13.2 Å². The van der Waals surface area contributed by atoms with Crippen LogP contribution in [0.1, 0.15) is 213 Å². The van der Waals surface area contributed by atoms with Crippen LogP contribution in [0.3, 0.4) is 0 Å². The van der Waals surface area contributed by atoms with Gasteiger partial charge >= 0.3 is 7.82 Å². The third kappa shape index (κ3) is 47.7. The number of aliphatic hydroxyl groups excluding tert-OH is 1. The molecular weight excluding hydrogens is 804 g/mol. The molecule has 0 aliphatic carbocycles. The Bertz CT molecular complexity index is 1250. The molecule has 0 saturated heterocycles. The lowest BCUT2D eigenvalue weighted by atomic mass is 10.0. The number of carbonyl (C=O) groups excluding carboxylic acids is 1. The van der Waals surface area contributed by atoms with Crippen LogP contribution in [0.15, 0.2) is 72.9 Å². The number of nitrogens with one attached hydrogen (secondary N) is 1. The van der Waals surface area contributed by atoms with E-state index in [1.54, 1.807) is 6.08 Å². The molecule has 0 saturated carbocycles. The molecule has 0 bridgehead atoms. The Labute approximate surface area is 389 Å². The van der Waals surface area contributed by atoms with Gasteiger partial charge in [-0.3, -0.25) is 13.8 Å². The fourth-order valence-corrected chi connectivity index (χ4v) is 7.84. The molecule has 3 unspecified atom stereocenters. The molecular formula is C54H100N2O6P+. The third-order valence-electron chi connectivity index (χ3n) is 11.2. The Morgan fingerprint density at radius 2 is 0.968 bits per heavy atom. The number of amides is 1. The number of phosphoric ester groups is 1. The van der Waals surface area contributed by atoms with Crippen molar-refractivity contribution in [1.29, 1.82) is 0 Å². The lowest BCUT2D eigenvalue weighted by Crippen LogP contribution is -2.45. The van der Waals surface area contributed by atoms with Crippen molar-refractivity contribution in [2.24, 2.45) is 0 Å². The van der Waals surface area contributed by atoms with Crippen molar-refractivity contribution in [1.82, 2.24) is 5.32 Å². The number of quaternary nitrogens is 1. The van der Waals surface area contributed by atoms with Crippen molar-refractivity contribution in [2.75, 3.05) is 40.9 Å². The number of likely N-dealkylation sites (N-methyl/N-ethyl adjacent to an activating group) is 1. The zero-order valence-corrected chi connectivity index (χ0v) is 42.4. The van der Waals surface area contributed by atoms with Gasteiger partial charge in [-0.15, -0.1) is 0 Å². The predicted octanol–water partition coefficient (Wildman–Crippen LogP) is 15.1. The maximum Gasteiger partial charge on any atom is 0.472 e. The molecule has 0 spiro atoms. The molecule has 0 aromatic rings. The second-order valence-corrected chi connectivity index (χ2v) is 20.0. The van der Waals surface area contributed by atoms with Crippen LogP contribution in [-0.2, 0) is 18.4 Å². The first-order chi connectivity index (χ1) is 30.5. The fraction of sp³-hybridized carbons (Fsp3) is 0.759. The molecule has 63 heavy (non-hydrogen) atoms. The number of hydrogen-bond donors (Lipinski definition) is 3. The van der Waals surface area contributed by atoms with Gasteiger partial charge in [-0.2, -0.15) is 0 Å². The number of carbonyl (C=O) groups is 1. The van der Waals surface area contributed by atoms with Gasteiger partial charge in [0.15, 0.2) is 0 Å². The van der Waals surface area contributed by atoms with Crippen molar-refractivity contribution in [3.05, 3.63) is 72.9 Å². The minimum Gasteiger partial charge on any atom is -0.387 e. The van der Waals surface area contributed by atoms with Gasteiger partial charge in [-0.05, 0) is 70.6 Å². The van der Waals surface area contributed by atoms with E-state index in [0.29, 0.717) is 23.9 Å². The van der Waals surface area contributed by atoms with Crippen LogP contribution in [0.25, 0.3) is 0 Å². The summed E-state index contributed by atoms with van der Waals surface area (Å²) in [6.45, 7) is 4.65. The first-order valence-electron chi connectivity index (χ1n) is 25.8. The average Bonchev–Trinajstić information content (AvgIpc) is 3.24. The van der Waals surface area contributed by atoms with Crippen molar-refractivity contribution in [3.63, 3.8) is 0 Å². The molecule has 0 aromatic heterocycles. The largest absolute Gasteiger partial charge is 0.472 e. The average molecular weight is 904 g/mol. The summed E-state index contributed by atoms with van der Waals surface area (Å²) in [4.78, 5) is 23.2. The monoisotopic (exact) mass is 904 g/mol. The van der Waals surface area contributed by atoms with Gasteiger partial charge < -0.3 is 19.8 Å². The molecule has 9 heteroatoms. The minimum atomic E-state index is -4.37. The highest BCUT2D eigenvalue weighted by Crippen LogP contribution is 2.43. The topological polar surface area (TPSA) is 105 Å². The van der Waals surface area contributed by atoms with Crippen LogP contribution in [-0.4, -0.2) is 73.4 Å². The Hall–Kier alpha value is -2.06. The zero-order chi connectivity index (χ0) is 46.4. The molecule has 0 heterocycles. The van der Waals surface area contributed by atoms with E-state index in [2.05, 4.69) is 79.9 Å². The Morgan fingerprint density at radius 1 is 0.556 bits per heavy atom. The van der Waals surface area contributed by atoms with E-state index in [-0.39, 0.29) is 19.1 Å². The number of nitrogens with zero attached hydrogens (tertiary/aromatic N) is 1. The number of allylic oxidation sites excluding steroid dienone is 11. The molecule has 8 nitrogen and oxygen atoms in total. The van der Waals surface area contributed by atoms with Crippen LogP contribution in [0, 0.1) is 0 Å². The van der Waals surface area contributed by atoms with Crippen LogP contribution in [0.5, 0.6) is 0 Å². The van der Waals surface area contributed by atoms with Crippen molar-refractivity contribution in [2.45, 2.75) is 225 Å². The summed E-state index contributed by atoms with van der Waals surface area (Å²) in [7, 11) is 1.52. The highest BCUT2D eigenvalue weighted by atomic mass is 31.2. The highest BCUT2D eigenvalue weighted by Gasteiger charge is 2.27. The van der Waals surface area contributed by atoms with Crippen molar-refractivity contribution >= 4 is 13.7 Å². The summed E-state index contributed by atoms with van der Waals surface area (Å²) in [6, 6.07) is -0.889. The standard InChI is InChI=1S/C54H99N2O6P/c1-6-8-10-12-14-16-18-20-22-23-24-25-26-27-28-29-30-31-32-34-35-37-39-41-43-45-47-53(57)52(51-62-63(59,60)61-50-49-56(3,4)5)55-54(58)48-46-44-42-40-38-36-33-21-19-17-15-13-11-9-7-2/h9,11,15,17,21,33,37-40,45,47,52-53,57H,6-8,10,12-14,16,18-20,22-32,34-36,41-44,46,48-51H2,1-5H3,(H-,55,58,59,60)/p+1/b11-9-,17-15-,33-21-,39-37+,40-38-,47-45+. The SMILES string of the molecule is CC/C=C\C/C=C\C/C=C\C/C=C\CCCCC(=O)NC(COP(=O)(O)OCC[N+](C)(C)C)C(O)/C=C/CC/C=C/CCCCCCCCCCCCCCCCCCCCCC. The molecule has 0 aliphatic rings. The third-order valence-corrected chi connectivity index (χ3v) is 12.1. The van der Waals surface area contributed by atoms with Gasteiger partial charge in [0.2, 0.25) is 5.91 Å². The van der Waals surface area contributed by atoms with Gasteiger partial charge in [0.05, 0.1) is 39.9 Å². The number of rotatable bonds is 46. The molecule has 0 aromatic carbocycles. The molecule has 0 aliphatic heterocycles. The smallest absolute Gasteiger partial charge is 0.387 e. The van der Waals surface area contributed by atoms with E-state index >= 15 is 0 Å². The van der Waals surface area contributed by atoms with E-state index in [9.17, 15) is 19.4 Å². The van der Waals surface area contributed by atoms with Gasteiger partial charge in [-0.25, -0.2) is 4.57 Å². The van der Waals surface area contributed by atoms with E-state index in [0.717, 1.165) is 57.8 Å². The maximum atomic E-state index is 12.9. The molecule has 0 rings (SSSR count). The van der Waals surface area contributed by atoms with Crippen LogP contribution in [0.2, 0.25) is 0 Å². The fourth-order valence-electron chi connectivity index (χ4n) is 7.11. The molecule has 3 N–H and O–H groups in total. The van der Waals surface area contributed by atoms with Crippen LogP contribution < -0.4 is 5.32 Å². The first kappa shape index (κ1) is 60.9. The minimum absolute atomic E-state index is 0.0448. The predicted molar refractivity (Wildman–Crippen MR) is 272 cm³/mol. The van der Waals surface area contributed by atoms with E-state index in [4.69, 9.17) is 9.05 Å². The summed E-state index contributed by atoms with van der Waals surface area (Å²) >= 11 is 0. The number of unbranched alkanes of at least 4 members (excludes halogenated alkanes) is 23. The van der Waals surface area contributed by atoms with Gasteiger partial charge in [0.25, 0.3) is 0 Å². The first-order valence-corrected chi connectivity index (χ1v) is 27.3. The highest BCUT2D eigenvalue weighted by molar-refractivity contribution is 7.47. The van der Waals surface area contributed by atoms with E-state index in [1.165, 1.54) is 128 Å². The molecule has 0 fully saturated rings. The Kier molecular flexibility index (Phi) is 43.6. The normalized spacial score (nSPS) is 14.7. The molecule has 0 radical (unpaired) electrons. The number of aliphatic hydroxyl groups is 1. The van der Waals surface area contributed by atoms with Crippen molar-refractivity contribution in [3.8, 4) is 0 Å². The second kappa shape index (κ2) is 45.1. The number of hydrogen-bond acceptors (Lipinski definition) is 5. The maximum absolute atomic E-state index is 12.9. The van der Waals surface area contributed by atoms with Gasteiger partial charge in [0, 0.05) is 6.42 Å².